The van der Waals surface area contributed by atoms with Crippen molar-refractivity contribution in [2.24, 2.45) is 5.41 Å². The molecule has 0 amide bonds. The number of aryl methyl sites for hydroxylation is 1. The summed E-state index contributed by atoms with van der Waals surface area (Å²) in [6, 6.07) is 0. The van der Waals surface area contributed by atoms with Crippen LogP contribution in [0.1, 0.15) is 45.2 Å². The van der Waals surface area contributed by atoms with Crippen molar-refractivity contribution in [1.29, 1.82) is 0 Å². The van der Waals surface area contributed by atoms with E-state index in [1.165, 1.54) is 26.4 Å². The monoisotopic (exact) mass is 296 g/mol. The van der Waals surface area contributed by atoms with Gasteiger partial charge in [-0.2, -0.15) is 0 Å². The quantitative estimate of drug-likeness (QED) is 0.782. The summed E-state index contributed by atoms with van der Waals surface area (Å²) in [4.78, 5) is 18.2. The molecule has 1 fully saturated rings. The molecule has 1 aromatic heterocycles. The van der Waals surface area contributed by atoms with E-state index in [9.17, 15) is 4.79 Å². The first-order chi connectivity index (χ1) is 9.56. The highest BCUT2D eigenvalue weighted by molar-refractivity contribution is 7.13. The number of anilines is 1. The summed E-state index contributed by atoms with van der Waals surface area (Å²) in [5.74, 6) is -0.170. The van der Waals surface area contributed by atoms with Crippen molar-refractivity contribution in [1.82, 2.24) is 4.98 Å². The molecule has 0 aliphatic carbocycles. The molecule has 0 N–H and O–H groups in total. The van der Waals surface area contributed by atoms with Crippen molar-refractivity contribution in [2.75, 3.05) is 25.1 Å². The Labute approximate surface area is 125 Å². The molecule has 2 heterocycles. The zero-order valence-electron chi connectivity index (χ0n) is 12.6. The van der Waals surface area contributed by atoms with Gasteiger partial charge < -0.3 is 9.64 Å². The van der Waals surface area contributed by atoms with E-state index in [-0.39, 0.29) is 5.97 Å². The van der Waals surface area contributed by atoms with Crippen LogP contribution in [0.25, 0.3) is 0 Å². The molecule has 0 unspecified atom stereocenters. The first-order valence-corrected chi connectivity index (χ1v) is 8.20. The number of rotatable bonds is 5. The van der Waals surface area contributed by atoms with Crippen LogP contribution < -0.4 is 4.90 Å². The Hall–Kier alpha value is -1.10. The fourth-order valence-electron chi connectivity index (χ4n) is 2.48. The van der Waals surface area contributed by atoms with Crippen molar-refractivity contribution >= 4 is 22.4 Å². The first kappa shape index (κ1) is 15.3. The number of hydrogen-bond donors (Lipinski definition) is 0. The molecule has 4 nitrogen and oxygen atoms in total. The Balaban J connectivity index is 1.88. The molecule has 0 spiro atoms. The average Bonchev–Trinajstić information content (AvgIpc) is 2.94. The molecule has 1 aliphatic heterocycles. The van der Waals surface area contributed by atoms with Crippen LogP contribution in [-0.2, 0) is 16.0 Å². The van der Waals surface area contributed by atoms with Gasteiger partial charge in [0.2, 0.25) is 0 Å². The highest BCUT2D eigenvalue weighted by Gasteiger charge is 2.29. The minimum Gasteiger partial charge on any atom is -0.469 e. The molecule has 1 aliphatic rings. The molecular weight excluding hydrogens is 272 g/mol. The lowest BCUT2D eigenvalue weighted by Gasteiger charge is -2.38. The van der Waals surface area contributed by atoms with E-state index in [1.807, 2.05) is 0 Å². The van der Waals surface area contributed by atoms with Gasteiger partial charge in [0.05, 0.1) is 19.2 Å². The number of ether oxygens (including phenoxy) is 1. The maximum absolute atomic E-state index is 11.1. The fourth-order valence-corrected chi connectivity index (χ4v) is 3.39. The molecule has 0 saturated carbocycles. The number of hydrogen-bond acceptors (Lipinski definition) is 5. The molecule has 5 heteroatoms. The van der Waals surface area contributed by atoms with Crippen LogP contribution in [0.5, 0.6) is 0 Å². The Morgan fingerprint density at radius 3 is 2.80 bits per heavy atom. The third-order valence-corrected chi connectivity index (χ3v) is 5.40. The summed E-state index contributed by atoms with van der Waals surface area (Å²) in [6.07, 6.45) is 4.81. The Kier molecular flexibility index (Phi) is 5.02. The largest absolute Gasteiger partial charge is 0.469 e. The van der Waals surface area contributed by atoms with Crippen LogP contribution in [0.2, 0.25) is 0 Å². The number of esters is 1. The molecule has 0 aromatic carbocycles. The number of nitrogens with zero attached hydrogens (tertiary/aromatic N) is 2. The maximum atomic E-state index is 11.1. The molecule has 20 heavy (non-hydrogen) atoms. The van der Waals surface area contributed by atoms with E-state index >= 15 is 0 Å². The lowest BCUT2D eigenvalue weighted by atomic mass is 9.78. The number of thiazole rings is 1. The molecule has 0 bridgehead atoms. The lowest BCUT2D eigenvalue weighted by Crippen LogP contribution is -2.38. The molecule has 1 saturated heterocycles. The van der Waals surface area contributed by atoms with Crippen LogP contribution >= 0.6 is 11.3 Å². The number of aromatic nitrogens is 1. The Morgan fingerprint density at radius 1 is 1.50 bits per heavy atom. The summed E-state index contributed by atoms with van der Waals surface area (Å²) >= 11 is 1.69. The standard InChI is InChI=1S/C15H24N2O2S/c1-4-15(2)7-9-17(10-8-15)14-16-12(11-20-14)5-6-13(18)19-3/h11H,4-10H2,1-3H3. The van der Waals surface area contributed by atoms with Crippen molar-refractivity contribution < 1.29 is 9.53 Å². The fraction of sp³-hybridized carbons (Fsp3) is 0.733. The molecule has 0 radical (unpaired) electrons. The van der Waals surface area contributed by atoms with Crippen LogP contribution in [0, 0.1) is 5.41 Å². The third kappa shape index (κ3) is 3.72. The predicted molar refractivity (Wildman–Crippen MR) is 82.3 cm³/mol. The summed E-state index contributed by atoms with van der Waals surface area (Å²) in [6.45, 7) is 6.85. The number of methoxy groups -OCH3 is 1. The van der Waals surface area contributed by atoms with Crippen molar-refractivity contribution in [3.8, 4) is 0 Å². The van der Waals surface area contributed by atoms with E-state index in [0.29, 0.717) is 18.3 Å². The highest BCUT2D eigenvalue weighted by Crippen LogP contribution is 2.36. The topological polar surface area (TPSA) is 42.4 Å². The van der Waals surface area contributed by atoms with Crippen LogP contribution in [0.15, 0.2) is 5.38 Å². The van der Waals surface area contributed by atoms with Crippen molar-refractivity contribution in [2.45, 2.75) is 46.0 Å². The number of carbonyl (C=O) groups excluding carboxylic acids is 1. The second kappa shape index (κ2) is 6.57. The average molecular weight is 296 g/mol. The molecule has 0 atom stereocenters. The molecule has 2 rings (SSSR count). The van der Waals surface area contributed by atoms with Crippen LogP contribution in [0.4, 0.5) is 5.13 Å². The first-order valence-electron chi connectivity index (χ1n) is 7.32. The van der Waals surface area contributed by atoms with Crippen LogP contribution in [-0.4, -0.2) is 31.2 Å². The highest BCUT2D eigenvalue weighted by atomic mass is 32.1. The van der Waals surface area contributed by atoms with Crippen molar-refractivity contribution in [3.63, 3.8) is 0 Å². The van der Waals surface area contributed by atoms with Gasteiger partial charge in [0.15, 0.2) is 5.13 Å². The third-order valence-electron chi connectivity index (χ3n) is 4.45. The number of carbonyl (C=O) groups is 1. The number of piperidine rings is 1. The second-order valence-corrected chi connectivity index (χ2v) is 6.69. The minimum atomic E-state index is -0.170. The van der Waals surface area contributed by atoms with Gasteiger partial charge in [-0.3, -0.25) is 4.79 Å². The zero-order valence-corrected chi connectivity index (χ0v) is 13.5. The van der Waals surface area contributed by atoms with Gasteiger partial charge in [-0.15, -0.1) is 11.3 Å². The smallest absolute Gasteiger partial charge is 0.305 e. The van der Waals surface area contributed by atoms with Gasteiger partial charge in [-0.1, -0.05) is 20.3 Å². The predicted octanol–water partition coefficient (Wildman–Crippen LogP) is 3.27. The summed E-state index contributed by atoms with van der Waals surface area (Å²) in [5.41, 5.74) is 1.50. The maximum Gasteiger partial charge on any atom is 0.305 e. The minimum absolute atomic E-state index is 0.170. The molecule has 1 aromatic rings. The van der Waals surface area contributed by atoms with E-state index in [0.717, 1.165) is 23.9 Å². The SMILES string of the molecule is CCC1(C)CCN(c2nc(CCC(=O)OC)cs2)CC1. The lowest BCUT2D eigenvalue weighted by molar-refractivity contribution is -0.140. The van der Waals surface area contributed by atoms with Gasteiger partial charge in [-0.25, -0.2) is 4.98 Å². The van der Waals surface area contributed by atoms with Crippen LogP contribution in [0.3, 0.4) is 0 Å². The normalized spacial score (nSPS) is 18.1. The zero-order chi connectivity index (χ0) is 14.6. The molecular formula is C15H24N2O2S. The Bertz CT molecular complexity index is 450. The summed E-state index contributed by atoms with van der Waals surface area (Å²) in [5, 5.41) is 3.16. The van der Waals surface area contributed by atoms with Crippen molar-refractivity contribution in [3.05, 3.63) is 11.1 Å². The van der Waals surface area contributed by atoms with Gasteiger partial charge >= 0.3 is 5.97 Å². The summed E-state index contributed by atoms with van der Waals surface area (Å²) < 4.78 is 4.66. The van der Waals surface area contributed by atoms with E-state index in [1.54, 1.807) is 11.3 Å². The van der Waals surface area contributed by atoms with Gasteiger partial charge in [0.1, 0.15) is 0 Å². The summed E-state index contributed by atoms with van der Waals surface area (Å²) in [7, 11) is 1.42. The van der Waals surface area contributed by atoms with E-state index in [4.69, 9.17) is 0 Å². The van der Waals surface area contributed by atoms with E-state index < -0.39 is 0 Å². The second-order valence-electron chi connectivity index (χ2n) is 5.85. The molecule has 112 valence electrons. The van der Waals surface area contributed by atoms with Gasteiger partial charge in [0, 0.05) is 24.9 Å². The Morgan fingerprint density at radius 2 is 2.20 bits per heavy atom. The van der Waals surface area contributed by atoms with Gasteiger partial charge in [-0.05, 0) is 18.3 Å². The van der Waals surface area contributed by atoms with Gasteiger partial charge in [0.25, 0.3) is 0 Å². The van der Waals surface area contributed by atoms with E-state index in [2.05, 4.69) is 33.8 Å².